The monoisotopic (exact) mass is 305 g/mol. The van der Waals surface area contributed by atoms with Crippen LogP contribution in [0.3, 0.4) is 0 Å². The minimum atomic E-state index is -3.96. The molecule has 0 aliphatic heterocycles. The van der Waals surface area contributed by atoms with Crippen LogP contribution >= 0.6 is 10.7 Å². The van der Waals surface area contributed by atoms with Crippen molar-refractivity contribution in [3.63, 3.8) is 0 Å². The smallest absolute Gasteiger partial charge is 0.261 e. The van der Waals surface area contributed by atoms with Gasteiger partial charge in [0.15, 0.2) is 0 Å². The van der Waals surface area contributed by atoms with Gasteiger partial charge in [0, 0.05) is 17.1 Å². The molecule has 4 nitrogen and oxygen atoms in total. The summed E-state index contributed by atoms with van der Waals surface area (Å²) < 4.78 is 35.7. The number of hydrogen-bond donors (Lipinski definition) is 1. The van der Waals surface area contributed by atoms with Gasteiger partial charge in [0.1, 0.15) is 5.82 Å². The van der Waals surface area contributed by atoms with Gasteiger partial charge in [0.05, 0.1) is 10.6 Å². The molecular weight excluding hydrogens is 293 g/mol. The molecule has 1 N–H and O–H groups in total. The third-order valence-electron chi connectivity index (χ3n) is 3.19. The number of benzene rings is 1. The molecule has 1 aliphatic rings. The van der Waals surface area contributed by atoms with Gasteiger partial charge in [-0.3, -0.25) is 4.79 Å². The van der Waals surface area contributed by atoms with Crippen LogP contribution in [0, 0.1) is 11.7 Å². The maximum Gasteiger partial charge on any atom is 0.261 e. The molecule has 0 bridgehead atoms. The highest BCUT2D eigenvalue weighted by atomic mass is 35.7. The van der Waals surface area contributed by atoms with E-state index in [9.17, 15) is 17.6 Å². The van der Waals surface area contributed by atoms with Gasteiger partial charge < -0.3 is 5.32 Å². The summed E-state index contributed by atoms with van der Waals surface area (Å²) in [5.41, 5.74) is -0.0339. The summed E-state index contributed by atoms with van der Waals surface area (Å²) in [6.07, 6.45) is 3.56. The molecular formula is C12H13ClFNO3S. The van der Waals surface area contributed by atoms with Crippen LogP contribution in [0.15, 0.2) is 23.1 Å². The van der Waals surface area contributed by atoms with Gasteiger partial charge in [-0.05, 0) is 37.0 Å². The van der Waals surface area contributed by atoms with E-state index in [2.05, 4.69) is 5.32 Å². The van der Waals surface area contributed by atoms with Gasteiger partial charge in [-0.15, -0.1) is 0 Å². The minimum Gasteiger partial charge on any atom is -0.324 e. The molecule has 0 aromatic heterocycles. The predicted molar refractivity (Wildman–Crippen MR) is 70.0 cm³/mol. The quantitative estimate of drug-likeness (QED) is 0.870. The Balaban J connectivity index is 2.06. The lowest BCUT2D eigenvalue weighted by Crippen LogP contribution is -2.21. The maximum absolute atomic E-state index is 13.6. The topological polar surface area (TPSA) is 63.2 Å². The fourth-order valence-electron chi connectivity index (χ4n) is 1.91. The van der Waals surface area contributed by atoms with Crippen LogP contribution in [0.5, 0.6) is 0 Å². The zero-order valence-corrected chi connectivity index (χ0v) is 11.6. The summed E-state index contributed by atoms with van der Waals surface area (Å²) in [5.74, 6) is -0.695. The van der Waals surface area contributed by atoms with Gasteiger partial charge >= 0.3 is 0 Å². The Labute approximate surface area is 115 Å². The second kappa shape index (κ2) is 5.46. The van der Waals surface area contributed by atoms with Crippen LogP contribution in [0.2, 0.25) is 0 Å². The van der Waals surface area contributed by atoms with Crippen molar-refractivity contribution >= 4 is 31.3 Å². The molecule has 0 saturated heterocycles. The lowest BCUT2D eigenvalue weighted by molar-refractivity contribution is -0.117. The van der Waals surface area contributed by atoms with Crippen molar-refractivity contribution in [1.29, 1.82) is 0 Å². The van der Waals surface area contributed by atoms with E-state index in [1.54, 1.807) is 0 Å². The molecule has 1 aromatic carbocycles. The Bertz CT molecular complexity index is 599. The fourth-order valence-corrected chi connectivity index (χ4v) is 2.67. The van der Waals surface area contributed by atoms with Gasteiger partial charge in [0.2, 0.25) is 5.91 Å². The zero-order valence-electron chi connectivity index (χ0n) is 10.0. The highest BCUT2D eigenvalue weighted by Crippen LogP contribution is 2.30. The Kier molecular flexibility index (Phi) is 4.10. The van der Waals surface area contributed by atoms with E-state index in [-0.39, 0.29) is 16.5 Å². The molecule has 1 amide bonds. The van der Waals surface area contributed by atoms with Crippen molar-refractivity contribution in [3.8, 4) is 0 Å². The molecule has 0 atom stereocenters. The van der Waals surface area contributed by atoms with Gasteiger partial charge in [-0.2, -0.15) is 0 Å². The van der Waals surface area contributed by atoms with Crippen LogP contribution in [-0.2, 0) is 13.8 Å². The first-order valence-corrected chi connectivity index (χ1v) is 8.21. The average molecular weight is 306 g/mol. The highest BCUT2D eigenvalue weighted by Gasteiger charge is 2.21. The van der Waals surface area contributed by atoms with Crippen LogP contribution in [0.1, 0.15) is 25.7 Å². The van der Waals surface area contributed by atoms with Crippen LogP contribution in [-0.4, -0.2) is 14.3 Å². The Morgan fingerprint density at radius 1 is 1.42 bits per heavy atom. The SMILES string of the molecule is O=C(CC1CCC1)Nc1ccc(S(=O)(=O)Cl)cc1F. The van der Waals surface area contributed by atoms with E-state index in [1.165, 1.54) is 6.07 Å². The van der Waals surface area contributed by atoms with E-state index >= 15 is 0 Å². The first kappa shape index (κ1) is 14.3. The number of anilines is 1. The molecule has 1 fully saturated rings. The minimum absolute atomic E-state index is 0.0339. The fraction of sp³-hybridized carbons (Fsp3) is 0.417. The molecule has 1 aliphatic carbocycles. The number of carbonyl (C=O) groups excluding carboxylic acids is 1. The number of nitrogens with one attached hydrogen (secondary N) is 1. The third-order valence-corrected chi connectivity index (χ3v) is 4.55. The summed E-state index contributed by atoms with van der Waals surface area (Å²) in [7, 11) is 1.14. The summed E-state index contributed by atoms with van der Waals surface area (Å²) in [6.45, 7) is 0. The largest absolute Gasteiger partial charge is 0.324 e. The first-order chi connectivity index (χ1) is 8.86. The van der Waals surface area contributed by atoms with E-state index in [0.717, 1.165) is 31.4 Å². The van der Waals surface area contributed by atoms with Crippen molar-refractivity contribution in [3.05, 3.63) is 24.0 Å². The first-order valence-electron chi connectivity index (χ1n) is 5.90. The molecule has 0 spiro atoms. The molecule has 7 heteroatoms. The highest BCUT2D eigenvalue weighted by molar-refractivity contribution is 8.13. The van der Waals surface area contributed by atoms with Crippen molar-refractivity contribution in [2.75, 3.05) is 5.32 Å². The van der Waals surface area contributed by atoms with E-state index in [1.807, 2.05) is 0 Å². The number of halogens is 2. The van der Waals surface area contributed by atoms with Gasteiger partial charge in [-0.25, -0.2) is 12.8 Å². The summed E-state index contributed by atoms with van der Waals surface area (Å²) in [6, 6.07) is 3.15. The molecule has 0 heterocycles. The van der Waals surface area contributed by atoms with Crippen molar-refractivity contribution < 1.29 is 17.6 Å². The molecule has 0 radical (unpaired) electrons. The lowest BCUT2D eigenvalue weighted by Gasteiger charge is -2.24. The Morgan fingerprint density at radius 2 is 2.11 bits per heavy atom. The zero-order chi connectivity index (χ0) is 14.0. The van der Waals surface area contributed by atoms with E-state index < -0.39 is 14.9 Å². The lowest BCUT2D eigenvalue weighted by atomic mass is 9.83. The average Bonchev–Trinajstić information content (AvgIpc) is 2.25. The van der Waals surface area contributed by atoms with E-state index in [4.69, 9.17) is 10.7 Å². The standard InChI is InChI=1S/C12H13ClFNO3S/c13-19(17,18)9-4-5-11(10(14)7-9)15-12(16)6-8-2-1-3-8/h4-5,7-8H,1-3,6H2,(H,15,16). The van der Waals surface area contributed by atoms with Crippen LogP contribution < -0.4 is 5.32 Å². The van der Waals surface area contributed by atoms with Crippen LogP contribution in [0.25, 0.3) is 0 Å². The number of rotatable bonds is 4. The third kappa shape index (κ3) is 3.67. The van der Waals surface area contributed by atoms with Crippen LogP contribution in [0.4, 0.5) is 10.1 Å². The second-order valence-electron chi connectivity index (χ2n) is 4.63. The summed E-state index contributed by atoms with van der Waals surface area (Å²) in [5, 5.41) is 2.44. The molecule has 2 rings (SSSR count). The van der Waals surface area contributed by atoms with Gasteiger partial charge in [0.25, 0.3) is 9.05 Å². The number of hydrogen-bond acceptors (Lipinski definition) is 3. The summed E-state index contributed by atoms with van der Waals surface area (Å²) >= 11 is 0. The number of carbonyl (C=O) groups is 1. The maximum atomic E-state index is 13.6. The summed E-state index contributed by atoms with van der Waals surface area (Å²) in [4.78, 5) is 11.3. The van der Waals surface area contributed by atoms with Gasteiger partial charge in [-0.1, -0.05) is 6.42 Å². The molecule has 0 unspecified atom stereocenters. The van der Waals surface area contributed by atoms with Crippen molar-refractivity contribution in [1.82, 2.24) is 0 Å². The predicted octanol–water partition coefficient (Wildman–Crippen LogP) is 2.88. The normalized spacial score (nSPS) is 15.9. The van der Waals surface area contributed by atoms with Crippen molar-refractivity contribution in [2.45, 2.75) is 30.6 Å². The molecule has 104 valence electrons. The molecule has 19 heavy (non-hydrogen) atoms. The Hall–Kier alpha value is -1.14. The second-order valence-corrected chi connectivity index (χ2v) is 7.19. The Morgan fingerprint density at radius 3 is 2.58 bits per heavy atom. The molecule has 1 aromatic rings. The van der Waals surface area contributed by atoms with Crippen molar-refractivity contribution in [2.24, 2.45) is 5.92 Å². The number of amides is 1. The van der Waals surface area contributed by atoms with E-state index in [0.29, 0.717) is 12.3 Å². The molecule has 1 saturated carbocycles.